The minimum atomic E-state index is -0.807. The molecule has 0 fully saturated rings. The molecule has 0 aromatic heterocycles. The number of nitrogens with one attached hydrogen (secondary N) is 1. The van der Waals surface area contributed by atoms with Gasteiger partial charge in [0, 0.05) is 10.9 Å². The van der Waals surface area contributed by atoms with Crippen molar-refractivity contribution in [2.24, 2.45) is 0 Å². The van der Waals surface area contributed by atoms with Crippen molar-refractivity contribution in [1.82, 2.24) is 5.32 Å². The molecule has 0 saturated heterocycles. The van der Waals surface area contributed by atoms with Crippen LogP contribution in [0.5, 0.6) is 0 Å². The van der Waals surface area contributed by atoms with E-state index in [-0.39, 0.29) is 6.04 Å². The van der Waals surface area contributed by atoms with Gasteiger partial charge in [-0.15, -0.1) is 11.8 Å². The SMILES string of the molecule is CSc1ccccc1CC(C)N[C@H](Cc1ccccc1)C(=O)O. The van der Waals surface area contributed by atoms with Crippen molar-refractivity contribution >= 4 is 17.7 Å². The maximum Gasteiger partial charge on any atom is 0.321 e. The zero-order valence-corrected chi connectivity index (χ0v) is 14.3. The number of hydrogen-bond acceptors (Lipinski definition) is 3. The Bertz CT molecular complexity index is 630. The summed E-state index contributed by atoms with van der Waals surface area (Å²) in [6.45, 7) is 2.04. The van der Waals surface area contributed by atoms with Crippen molar-refractivity contribution in [2.75, 3.05) is 6.26 Å². The van der Waals surface area contributed by atoms with Crippen LogP contribution in [0.1, 0.15) is 18.1 Å². The molecule has 2 aromatic carbocycles. The lowest BCUT2D eigenvalue weighted by Gasteiger charge is -2.21. The van der Waals surface area contributed by atoms with Gasteiger partial charge in [0.25, 0.3) is 0 Å². The fourth-order valence-electron chi connectivity index (χ4n) is 2.67. The summed E-state index contributed by atoms with van der Waals surface area (Å²) in [6, 6.07) is 17.5. The van der Waals surface area contributed by atoms with Gasteiger partial charge in [0.15, 0.2) is 0 Å². The minimum absolute atomic E-state index is 0.0908. The second kappa shape index (κ2) is 8.75. The monoisotopic (exact) mass is 329 g/mol. The molecular weight excluding hydrogens is 306 g/mol. The number of rotatable bonds is 8. The Labute approximate surface area is 142 Å². The molecule has 2 atom stereocenters. The zero-order chi connectivity index (χ0) is 16.7. The number of carboxylic acid groups (broad SMARTS) is 1. The number of carboxylic acids is 1. The van der Waals surface area contributed by atoms with Crippen LogP contribution in [-0.2, 0) is 17.6 Å². The van der Waals surface area contributed by atoms with E-state index in [9.17, 15) is 9.90 Å². The van der Waals surface area contributed by atoms with Crippen LogP contribution in [0.3, 0.4) is 0 Å². The van der Waals surface area contributed by atoms with Crippen LogP contribution < -0.4 is 5.32 Å². The van der Waals surface area contributed by atoms with E-state index < -0.39 is 12.0 Å². The van der Waals surface area contributed by atoms with E-state index in [0.29, 0.717) is 6.42 Å². The molecule has 0 radical (unpaired) electrons. The van der Waals surface area contributed by atoms with Crippen molar-refractivity contribution in [1.29, 1.82) is 0 Å². The van der Waals surface area contributed by atoms with Crippen LogP contribution in [0.15, 0.2) is 59.5 Å². The van der Waals surface area contributed by atoms with Gasteiger partial charge in [-0.25, -0.2) is 0 Å². The lowest BCUT2D eigenvalue weighted by atomic mass is 10.0. The lowest BCUT2D eigenvalue weighted by molar-refractivity contribution is -0.139. The van der Waals surface area contributed by atoms with E-state index in [1.807, 2.05) is 49.4 Å². The first-order valence-electron chi connectivity index (χ1n) is 7.75. The summed E-state index contributed by atoms with van der Waals surface area (Å²) >= 11 is 1.72. The van der Waals surface area contributed by atoms with Gasteiger partial charge in [0.1, 0.15) is 6.04 Å². The molecule has 0 aliphatic rings. The highest BCUT2D eigenvalue weighted by Gasteiger charge is 2.20. The molecule has 0 spiro atoms. The average Bonchev–Trinajstić information content (AvgIpc) is 2.55. The van der Waals surface area contributed by atoms with Gasteiger partial charge in [-0.1, -0.05) is 48.5 Å². The van der Waals surface area contributed by atoms with Crippen molar-refractivity contribution < 1.29 is 9.90 Å². The molecule has 0 amide bonds. The average molecular weight is 329 g/mol. The summed E-state index contributed by atoms with van der Waals surface area (Å²) in [5.41, 5.74) is 2.29. The Balaban J connectivity index is 2.00. The lowest BCUT2D eigenvalue weighted by Crippen LogP contribution is -2.44. The smallest absolute Gasteiger partial charge is 0.321 e. The van der Waals surface area contributed by atoms with Gasteiger partial charge < -0.3 is 10.4 Å². The predicted molar refractivity (Wildman–Crippen MR) is 96.1 cm³/mol. The van der Waals surface area contributed by atoms with Gasteiger partial charge in [-0.3, -0.25) is 4.79 Å². The highest BCUT2D eigenvalue weighted by Crippen LogP contribution is 2.21. The van der Waals surface area contributed by atoms with Crippen LogP contribution in [0.4, 0.5) is 0 Å². The third-order valence-electron chi connectivity index (χ3n) is 3.79. The summed E-state index contributed by atoms with van der Waals surface area (Å²) in [5.74, 6) is -0.807. The minimum Gasteiger partial charge on any atom is -0.480 e. The number of hydrogen-bond donors (Lipinski definition) is 2. The molecule has 23 heavy (non-hydrogen) atoms. The van der Waals surface area contributed by atoms with Crippen LogP contribution in [0.2, 0.25) is 0 Å². The summed E-state index contributed by atoms with van der Waals surface area (Å²) in [4.78, 5) is 12.8. The molecule has 2 N–H and O–H groups in total. The Morgan fingerprint density at radius 3 is 2.39 bits per heavy atom. The molecule has 0 aliphatic carbocycles. The Hall–Kier alpha value is -1.78. The summed E-state index contributed by atoms with van der Waals surface area (Å²) in [5, 5.41) is 12.7. The van der Waals surface area contributed by atoms with Gasteiger partial charge in [0.2, 0.25) is 0 Å². The molecule has 1 unspecified atom stereocenters. The number of carbonyl (C=O) groups is 1. The van der Waals surface area contributed by atoms with E-state index in [1.165, 1.54) is 10.5 Å². The predicted octanol–water partition coefficient (Wildman–Crippen LogP) is 3.63. The molecule has 2 aromatic rings. The molecule has 4 heteroatoms. The maximum atomic E-state index is 11.5. The van der Waals surface area contributed by atoms with E-state index in [1.54, 1.807) is 11.8 Å². The van der Waals surface area contributed by atoms with Gasteiger partial charge in [0.05, 0.1) is 0 Å². The fraction of sp³-hybridized carbons (Fsp3) is 0.316. The molecule has 0 aliphatic heterocycles. The van der Waals surface area contributed by atoms with Crippen molar-refractivity contribution in [3.63, 3.8) is 0 Å². The van der Waals surface area contributed by atoms with E-state index >= 15 is 0 Å². The van der Waals surface area contributed by atoms with Crippen molar-refractivity contribution in [2.45, 2.75) is 36.7 Å². The Morgan fingerprint density at radius 1 is 1.09 bits per heavy atom. The summed E-state index contributed by atoms with van der Waals surface area (Å²) in [7, 11) is 0. The number of aliphatic carboxylic acids is 1. The maximum absolute atomic E-state index is 11.5. The zero-order valence-electron chi connectivity index (χ0n) is 13.5. The summed E-state index contributed by atoms with van der Waals surface area (Å²) in [6.07, 6.45) is 3.37. The van der Waals surface area contributed by atoms with Crippen LogP contribution in [-0.4, -0.2) is 29.4 Å². The van der Waals surface area contributed by atoms with Gasteiger partial charge >= 0.3 is 5.97 Å². The van der Waals surface area contributed by atoms with Crippen molar-refractivity contribution in [3.8, 4) is 0 Å². The number of thioether (sulfide) groups is 1. The molecule has 0 bridgehead atoms. The van der Waals surface area contributed by atoms with Crippen LogP contribution in [0.25, 0.3) is 0 Å². The second-order valence-corrected chi connectivity index (χ2v) is 6.51. The fourth-order valence-corrected chi connectivity index (χ4v) is 3.30. The van der Waals surface area contributed by atoms with E-state index in [0.717, 1.165) is 12.0 Å². The molecule has 0 heterocycles. The molecule has 122 valence electrons. The number of benzene rings is 2. The van der Waals surface area contributed by atoms with E-state index in [2.05, 4.69) is 23.7 Å². The third kappa shape index (κ3) is 5.41. The normalized spacial score (nSPS) is 13.5. The molecule has 0 saturated carbocycles. The Kier molecular flexibility index (Phi) is 6.68. The standard InChI is InChI=1S/C19H23NO2S/c1-14(12-16-10-6-7-11-18(16)23-2)20-17(19(21)22)13-15-8-4-3-5-9-15/h3-11,14,17,20H,12-13H2,1-2H3,(H,21,22)/t14?,17-/m1/s1. The highest BCUT2D eigenvalue weighted by atomic mass is 32.2. The quantitative estimate of drug-likeness (QED) is 0.726. The van der Waals surface area contributed by atoms with Crippen LogP contribution in [0, 0.1) is 0 Å². The second-order valence-electron chi connectivity index (χ2n) is 5.66. The van der Waals surface area contributed by atoms with Gasteiger partial charge in [-0.2, -0.15) is 0 Å². The topological polar surface area (TPSA) is 49.3 Å². The van der Waals surface area contributed by atoms with Crippen molar-refractivity contribution in [3.05, 3.63) is 65.7 Å². The highest BCUT2D eigenvalue weighted by molar-refractivity contribution is 7.98. The van der Waals surface area contributed by atoms with E-state index in [4.69, 9.17) is 0 Å². The van der Waals surface area contributed by atoms with Gasteiger partial charge in [-0.05, 0) is 43.2 Å². The Morgan fingerprint density at radius 2 is 1.74 bits per heavy atom. The third-order valence-corrected chi connectivity index (χ3v) is 4.62. The molecule has 3 nitrogen and oxygen atoms in total. The summed E-state index contributed by atoms with van der Waals surface area (Å²) < 4.78 is 0. The first kappa shape index (κ1) is 17.6. The van der Waals surface area contributed by atoms with Crippen LogP contribution >= 0.6 is 11.8 Å². The largest absolute Gasteiger partial charge is 0.480 e. The molecule has 2 rings (SSSR count). The first-order valence-corrected chi connectivity index (χ1v) is 8.97. The molecular formula is C19H23NO2S. The first-order chi connectivity index (χ1) is 11.1.